The molecular formula is C21H20N4O3. The number of hydrogen-bond donors (Lipinski definition) is 2. The van der Waals surface area contributed by atoms with Crippen LogP contribution in [0.3, 0.4) is 0 Å². The lowest BCUT2D eigenvalue weighted by Gasteiger charge is -2.19. The second-order valence-electron chi connectivity index (χ2n) is 6.34. The number of nitrogens with zero attached hydrogens (tertiary/aromatic N) is 2. The highest BCUT2D eigenvalue weighted by Crippen LogP contribution is 2.32. The lowest BCUT2D eigenvalue weighted by molar-refractivity contribution is 0.102. The van der Waals surface area contributed by atoms with Crippen molar-refractivity contribution in [1.29, 1.82) is 0 Å². The number of ether oxygens (including phenoxy) is 2. The lowest BCUT2D eigenvalue weighted by Crippen LogP contribution is -2.17. The molecule has 1 amide bonds. The largest absolute Gasteiger partial charge is 0.486 e. The van der Waals surface area contributed by atoms with E-state index in [0.717, 1.165) is 5.56 Å². The summed E-state index contributed by atoms with van der Waals surface area (Å²) in [5.74, 6) is 1.51. The highest BCUT2D eigenvalue weighted by atomic mass is 16.6. The predicted molar refractivity (Wildman–Crippen MR) is 106 cm³/mol. The van der Waals surface area contributed by atoms with Crippen LogP contribution in [0.15, 0.2) is 54.7 Å². The molecule has 2 heterocycles. The van der Waals surface area contributed by atoms with E-state index in [0.29, 0.717) is 54.2 Å². The number of carbonyl (C=O) groups is 1. The minimum Gasteiger partial charge on any atom is -0.486 e. The number of rotatable bonds is 5. The smallest absolute Gasteiger partial charge is 0.259 e. The van der Waals surface area contributed by atoms with E-state index in [9.17, 15) is 4.79 Å². The van der Waals surface area contributed by atoms with E-state index in [1.165, 1.54) is 6.20 Å². The first kappa shape index (κ1) is 17.8. The summed E-state index contributed by atoms with van der Waals surface area (Å²) in [5, 5.41) is 6.02. The van der Waals surface area contributed by atoms with Gasteiger partial charge < -0.3 is 20.1 Å². The third kappa shape index (κ3) is 4.03. The first-order valence-electron chi connectivity index (χ1n) is 9.01. The van der Waals surface area contributed by atoms with Crippen LogP contribution in [0.5, 0.6) is 11.5 Å². The molecule has 0 fully saturated rings. The van der Waals surface area contributed by atoms with E-state index in [1.54, 1.807) is 25.1 Å². The molecule has 0 unspecified atom stereocenters. The standard InChI is InChI=1S/C21H20N4O3/c1-14-17(13-23-21(24-14)22-12-15-5-3-2-4-6-15)20(26)25-16-7-8-18-19(11-16)28-10-9-27-18/h2-8,11,13H,9-10,12H2,1H3,(H,25,26)(H,22,23,24). The zero-order valence-corrected chi connectivity index (χ0v) is 15.4. The Labute approximate surface area is 162 Å². The van der Waals surface area contributed by atoms with Gasteiger partial charge >= 0.3 is 0 Å². The van der Waals surface area contributed by atoms with E-state index in [4.69, 9.17) is 9.47 Å². The van der Waals surface area contributed by atoms with Gasteiger partial charge in [-0.1, -0.05) is 30.3 Å². The van der Waals surface area contributed by atoms with Gasteiger partial charge in [0.15, 0.2) is 11.5 Å². The van der Waals surface area contributed by atoms with Gasteiger partial charge in [-0.05, 0) is 24.6 Å². The zero-order chi connectivity index (χ0) is 19.3. The summed E-state index contributed by atoms with van der Waals surface area (Å²) in [7, 11) is 0. The van der Waals surface area contributed by atoms with Crippen LogP contribution in [-0.2, 0) is 6.54 Å². The number of hydrogen-bond acceptors (Lipinski definition) is 6. The van der Waals surface area contributed by atoms with Gasteiger partial charge in [-0.3, -0.25) is 4.79 Å². The molecule has 0 radical (unpaired) electrons. The van der Waals surface area contributed by atoms with Crippen molar-refractivity contribution in [3.8, 4) is 11.5 Å². The number of aryl methyl sites for hydroxylation is 1. The second kappa shape index (κ2) is 7.96. The van der Waals surface area contributed by atoms with Crippen LogP contribution in [0.4, 0.5) is 11.6 Å². The molecule has 4 rings (SSSR count). The number of fused-ring (bicyclic) bond motifs is 1. The molecule has 28 heavy (non-hydrogen) atoms. The molecule has 142 valence electrons. The molecule has 1 aromatic heterocycles. The molecular weight excluding hydrogens is 356 g/mol. The van der Waals surface area contributed by atoms with Crippen LogP contribution >= 0.6 is 0 Å². The van der Waals surface area contributed by atoms with Crippen LogP contribution in [0.25, 0.3) is 0 Å². The van der Waals surface area contributed by atoms with E-state index in [-0.39, 0.29) is 5.91 Å². The average molecular weight is 376 g/mol. The van der Waals surface area contributed by atoms with Crippen LogP contribution in [-0.4, -0.2) is 29.1 Å². The highest BCUT2D eigenvalue weighted by molar-refractivity contribution is 6.05. The SMILES string of the molecule is Cc1nc(NCc2ccccc2)ncc1C(=O)Nc1ccc2c(c1)OCCO2. The first-order chi connectivity index (χ1) is 13.7. The van der Waals surface area contributed by atoms with Gasteiger partial charge in [-0.15, -0.1) is 0 Å². The summed E-state index contributed by atoms with van der Waals surface area (Å²) < 4.78 is 11.0. The molecule has 3 aromatic rings. The monoisotopic (exact) mass is 376 g/mol. The van der Waals surface area contributed by atoms with Crippen LogP contribution in [0.1, 0.15) is 21.6 Å². The van der Waals surface area contributed by atoms with Crippen LogP contribution in [0.2, 0.25) is 0 Å². The molecule has 1 aliphatic rings. The van der Waals surface area contributed by atoms with Crippen molar-refractivity contribution in [3.63, 3.8) is 0 Å². The molecule has 0 saturated heterocycles. The summed E-state index contributed by atoms with van der Waals surface area (Å²) in [6.07, 6.45) is 1.53. The van der Waals surface area contributed by atoms with E-state index in [1.807, 2.05) is 30.3 Å². The molecule has 1 aliphatic heterocycles. The Morgan fingerprint density at radius 2 is 1.86 bits per heavy atom. The second-order valence-corrected chi connectivity index (χ2v) is 6.34. The van der Waals surface area contributed by atoms with Crippen molar-refractivity contribution in [2.75, 3.05) is 23.8 Å². The molecule has 7 nitrogen and oxygen atoms in total. The normalized spacial score (nSPS) is 12.3. The third-order valence-electron chi connectivity index (χ3n) is 4.32. The van der Waals surface area contributed by atoms with Gasteiger partial charge in [0, 0.05) is 24.5 Å². The van der Waals surface area contributed by atoms with E-state index < -0.39 is 0 Å². The Morgan fingerprint density at radius 3 is 2.64 bits per heavy atom. The number of anilines is 2. The van der Waals surface area contributed by atoms with Gasteiger partial charge in [-0.25, -0.2) is 9.97 Å². The van der Waals surface area contributed by atoms with Crippen molar-refractivity contribution < 1.29 is 14.3 Å². The van der Waals surface area contributed by atoms with Gasteiger partial charge in [-0.2, -0.15) is 0 Å². The fraction of sp³-hybridized carbons (Fsp3) is 0.190. The summed E-state index contributed by atoms with van der Waals surface area (Å²) in [6, 6.07) is 15.3. The fourth-order valence-electron chi connectivity index (χ4n) is 2.87. The average Bonchev–Trinajstić information content (AvgIpc) is 2.73. The number of benzene rings is 2. The molecule has 0 saturated carbocycles. The highest BCUT2D eigenvalue weighted by Gasteiger charge is 2.15. The van der Waals surface area contributed by atoms with Crippen molar-refractivity contribution in [2.24, 2.45) is 0 Å². The van der Waals surface area contributed by atoms with Gasteiger partial charge in [0.05, 0.1) is 11.3 Å². The molecule has 0 spiro atoms. The molecule has 0 atom stereocenters. The minimum absolute atomic E-state index is 0.274. The van der Waals surface area contributed by atoms with E-state index in [2.05, 4.69) is 20.6 Å². The maximum absolute atomic E-state index is 12.6. The predicted octanol–water partition coefficient (Wildman–Crippen LogP) is 3.42. The fourth-order valence-corrected chi connectivity index (χ4v) is 2.87. The quantitative estimate of drug-likeness (QED) is 0.710. The van der Waals surface area contributed by atoms with Gasteiger partial charge in [0.25, 0.3) is 5.91 Å². The maximum Gasteiger partial charge on any atom is 0.259 e. The minimum atomic E-state index is -0.274. The summed E-state index contributed by atoms with van der Waals surface area (Å²) in [6.45, 7) is 3.42. The Bertz CT molecular complexity index is 992. The van der Waals surface area contributed by atoms with E-state index >= 15 is 0 Å². The number of nitrogens with one attached hydrogen (secondary N) is 2. The Hall–Kier alpha value is -3.61. The molecule has 2 aromatic carbocycles. The summed E-state index contributed by atoms with van der Waals surface area (Å²) in [5.41, 5.74) is 2.77. The molecule has 7 heteroatoms. The van der Waals surface area contributed by atoms with Crippen LogP contribution < -0.4 is 20.1 Å². The molecule has 2 N–H and O–H groups in total. The van der Waals surface area contributed by atoms with Crippen molar-refractivity contribution >= 4 is 17.5 Å². The Kier molecular flexibility index (Phi) is 5.05. The van der Waals surface area contributed by atoms with Gasteiger partial charge in [0.1, 0.15) is 13.2 Å². The van der Waals surface area contributed by atoms with Crippen molar-refractivity contribution in [1.82, 2.24) is 9.97 Å². The first-order valence-corrected chi connectivity index (χ1v) is 9.01. The number of amides is 1. The zero-order valence-electron chi connectivity index (χ0n) is 15.4. The van der Waals surface area contributed by atoms with Crippen molar-refractivity contribution in [2.45, 2.75) is 13.5 Å². The third-order valence-corrected chi connectivity index (χ3v) is 4.32. The summed E-state index contributed by atoms with van der Waals surface area (Å²) >= 11 is 0. The number of aromatic nitrogens is 2. The van der Waals surface area contributed by atoms with Gasteiger partial charge in [0.2, 0.25) is 5.95 Å². The molecule has 0 bridgehead atoms. The maximum atomic E-state index is 12.6. The van der Waals surface area contributed by atoms with Crippen molar-refractivity contribution in [3.05, 3.63) is 71.5 Å². The van der Waals surface area contributed by atoms with Crippen LogP contribution in [0, 0.1) is 6.92 Å². The Balaban J connectivity index is 1.43. The number of carbonyl (C=O) groups excluding carboxylic acids is 1. The summed E-state index contributed by atoms with van der Waals surface area (Å²) in [4.78, 5) is 21.3. The lowest BCUT2D eigenvalue weighted by atomic mass is 10.2. The Morgan fingerprint density at radius 1 is 1.07 bits per heavy atom. The molecule has 0 aliphatic carbocycles. The topological polar surface area (TPSA) is 85.4 Å².